The van der Waals surface area contributed by atoms with E-state index in [0.717, 1.165) is 36.1 Å². The summed E-state index contributed by atoms with van der Waals surface area (Å²) in [5, 5.41) is 5.15. The molecule has 1 unspecified atom stereocenters. The van der Waals surface area contributed by atoms with Crippen molar-refractivity contribution in [2.75, 3.05) is 11.9 Å². The van der Waals surface area contributed by atoms with Gasteiger partial charge in [-0.05, 0) is 19.8 Å². The first-order valence-corrected chi connectivity index (χ1v) is 8.16. The van der Waals surface area contributed by atoms with Gasteiger partial charge in [0.25, 0.3) is 0 Å². The van der Waals surface area contributed by atoms with Crippen molar-refractivity contribution in [2.24, 2.45) is 0 Å². The Balaban J connectivity index is 3.09. The fraction of sp³-hybridized carbons (Fsp3) is 0.733. The lowest BCUT2D eigenvalue weighted by Gasteiger charge is -2.16. The van der Waals surface area contributed by atoms with Crippen LogP contribution < -0.4 is 5.32 Å². The first-order valence-electron chi connectivity index (χ1n) is 7.28. The van der Waals surface area contributed by atoms with Crippen molar-refractivity contribution in [2.45, 2.75) is 70.6 Å². The molecule has 4 heteroatoms. The molecule has 108 valence electrons. The normalized spacial score (nSPS) is 12.8. The first kappa shape index (κ1) is 16.3. The van der Waals surface area contributed by atoms with Gasteiger partial charge in [0, 0.05) is 23.3 Å². The van der Waals surface area contributed by atoms with Crippen LogP contribution in [0.15, 0.2) is 5.03 Å². The van der Waals surface area contributed by atoms with Crippen LogP contribution in [0.1, 0.15) is 64.8 Å². The topological polar surface area (TPSA) is 37.8 Å². The third-order valence-corrected chi connectivity index (χ3v) is 4.42. The van der Waals surface area contributed by atoms with E-state index in [1.165, 1.54) is 5.56 Å². The Morgan fingerprint density at radius 2 is 1.84 bits per heavy atom. The fourth-order valence-corrected chi connectivity index (χ4v) is 2.54. The zero-order valence-corrected chi connectivity index (χ0v) is 13.9. The van der Waals surface area contributed by atoms with Gasteiger partial charge in [-0.15, -0.1) is 11.8 Å². The van der Waals surface area contributed by atoms with E-state index in [9.17, 15) is 0 Å². The summed E-state index contributed by atoms with van der Waals surface area (Å²) in [6.07, 6.45) is 2.26. The number of rotatable bonds is 7. The SMILES string of the molecule is CCCNc1nc(C(C)C)nc(SC(C)CC)c1C. The van der Waals surface area contributed by atoms with Crippen molar-refractivity contribution in [1.29, 1.82) is 0 Å². The summed E-state index contributed by atoms with van der Waals surface area (Å²) in [6.45, 7) is 14.0. The molecule has 1 aromatic rings. The first-order chi connectivity index (χ1) is 8.99. The van der Waals surface area contributed by atoms with Crippen LogP contribution in [0.25, 0.3) is 0 Å². The third kappa shape index (κ3) is 4.68. The number of nitrogens with zero attached hydrogens (tertiary/aromatic N) is 2. The number of aromatic nitrogens is 2. The quantitative estimate of drug-likeness (QED) is 0.584. The van der Waals surface area contributed by atoms with Crippen molar-refractivity contribution in [3.8, 4) is 0 Å². The monoisotopic (exact) mass is 281 g/mol. The van der Waals surface area contributed by atoms with E-state index in [0.29, 0.717) is 11.2 Å². The summed E-state index contributed by atoms with van der Waals surface area (Å²) in [6, 6.07) is 0. The largest absolute Gasteiger partial charge is 0.370 e. The Labute approximate surface area is 122 Å². The standard InChI is InChI=1S/C15H27N3S/c1-7-9-16-14-12(6)15(19-11(5)8-2)18-13(17-14)10(3)4/h10-11H,7-9H2,1-6H3,(H,16,17,18). The van der Waals surface area contributed by atoms with E-state index in [4.69, 9.17) is 4.98 Å². The minimum atomic E-state index is 0.360. The molecule has 0 radical (unpaired) electrons. The highest BCUT2D eigenvalue weighted by Gasteiger charge is 2.15. The molecule has 0 amide bonds. The molecular formula is C15H27N3S. The highest BCUT2D eigenvalue weighted by Crippen LogP contribution is 2.30. The second-order valence-electron chi connectivity index (χ2n) is 5.28. The van der Waals surface area contributed by atoms with Crippen molar-refractivity contribution < 1.29 is 0 Å². The molecule has 3 nitrogen and oxygen atoms in total. The average molecular weight is 281 g/mol. The predicted octanol–water partition coefficient (Wildman–Crippen LogP) is 4.62. The van der Waals surface area contributed by atoms with Crippen molar-refractivity contribution in [1.82, 2.24) is 9.97 Å². The molecule has 0 saturated heterocycles. The Bertz CT molecular complexity index is 405. The molecule has 1 rings (SSSR count). The molecule has 0 aliphatic rings. The summed E-state index contributed by atoms with van der Waals surface area (Å²) in [4.78, 5) is 9.41. The molecule has 0 aliphatic carbocycles. The fourth-order valence-electron chi connectivity index (χ4n) is 1.57. The number of hydrogen-bond donors (Lipinski definition) is 1. The van der Waals surface area contributed by atoms with Gasteiger partial charge in [0.2, 0.25) is 0 Å². The number of thioether (sulfide) groups is 1. The van der Waals surface area contributed by atoms with Crippen LogP contribution in [0.4, 0.5) is 5.82 Å². The Kier molecular flexibility index (Phi) is 6.63. The molecule has 1 atom stereocenters. The molecule has 0 bridgehead atoms. The van der Waals surface area contributed by atoms with Crippen molar-refractivity contribution in [3.63, 3.8) is 0 Å². The van der Waals surface area contributed by atoms with Crippen molar-refractivity contribution >= 4 is 17.6 Å². The van der Waals surface area contributed by atoms with E-state index in [1.807, 2.05) is 11.8 Å². The summed E-state index contributed by atoms with van der Waals surface area (Å²) in [5.41, 5.74) is 1.18. The molecule has 1 heterocycles. The summed E-state index contributed by atoms with van der Waals surface area (Å²) in [7, 11) is 0. The molecule has 0 fully saturated rings. The van der Waals surface area contributed by atoms with Crippen molar-refractivity contribution in [3.05, 3.63) is 11.4 Å². The number of anilines is 1. The highest BCUT2D eigenvalue weighted by molar-refractivity contribution is 7.99. The van der Waals surface area contributed by atoms with Gasteiger partial charge in [-0.3, -0.25) is 0 Å². The molecule has 0 aliphatic heterocycles. The number of nitrogens with one attached hydrogen (secondary N) is 1. The van der Waals surface area contributed by atoms with Gasteiger partial charge in [0.1, 0.15) is 16.7 Å². The molecule has 0 saturated carbocycles. The van der Waals surface area contributed by atoms with Crippen LogP contribution >= 0.6 is 11.8 Å². The Morgan fingerprint density at radius 3 is 2.37 bits per heavy atom. The van der Waals surface area contributed by atoms with Gasteiger partial charge in [-0.1, -0.05) is 34.6 Å². The Hall–Kier alpha value is -0.770. The van der Waals surface area contributed by atoms with Crippen LogP contribution in [-0.4, -0.2) is 21.8 Å². The summed E-state index contributed by atoms with van der Waals surface area (Å²) < 4.78 is 0. The van der Waals surface area contributed by atoms with E-state index in [1.54, 1.807) is 0 Å². The van der Waals surface area contributed by atoms with E-state index < -0.39 is 0 Å². The van der Waals surface area contributed by atoms with E-state index in [2.05, 4.69) is 51.8 Å². The second kappa shape index (κ2) is 7.73. The lowest BCUT2D eigenvalue weighted by molar-refractivity contribution is 0.745. The zero-order chi connectivity index (χ0) is 14.4. The maximum atomic E-state index is 4.74. The van der Waals surface area contributed by atoms with E-state index in [-0.39, 0.29) is 0 Å². The van der Waals surface area contributed by atoms with Crippen LogP contribution in [0.2, 0.25) is 0 Å². The third-order valence-electron chi connectivity index (χ3n) is 3.07. The summed E-state index contributed by atoms with van der Waals surface area (Å²) >= 11 is 1.86. The lowest BCUT2D eigenvalue weighted by atomic mass is 10.2. The zero-order valence-electron chi connectivity index (χ0n) is 13.1. The van der Waals surface area contributed by atoms with Crippen LogP contribution in [0, 0.1) is 6.92 Å². The minimum absolute atomic E-state index is 0.360. The van der Waals surface area contributed by atoms with Gasteiger partial charge in [0.15, 0.2) is 0 Å². The van der Waals surface area contributed by atoms with Gasteiger partial charge in [0.05, 0.1) is 0 Å². The molecular weight excluding hydrogens is 254 g/mol. The highest BCUT2D eigenvalue weighted by atomic mass is 32.2. The average Bonchev–Trinajstić information content (AvgIpc) is 2.39. The Morgan fingerprint density at radius 1 is 1.16 bits per heavy atom. The van der Waals surface area contributed by atoms with Gasteiger partial charge >= 0.3 is 0 Å². The molecule has 1 aromatic heterocycles. The van der Waals surface area contributed by atoms with Gasteiger partial charge in [-0.25, -0.2) is 9.97 Å². The molecule has 19 heavy (non-hydrogen) atoms. The maximum Gasteiger partial charge on any atom is 0.134 e. The van der Waals surface area contributed by atoms with Gasteiger partial charge < -0.3 is 5.32 Å². The maximum absolute atomic E-state index is 4.74. The van der Waals surface area contributed by atoms with Crippen LogP contribution in [0.3, 0.4) is 0 Å². The second-order valence-corrected chi connectivity index (χ2v) is 6.71. The minimum Gasteiger partial charge on any atom is -0.370 e. The predicted molar refractivity (Wildman–Crippen MR) is 85.2 cm³/mol. The lowest BCUT2D eigenvalue weighted by Crippen LogP contribution is -2.10. The van der Waals surface area contributed by atoms with E-state index >= 15 is 0 Å². The van der Waals surface area contributed by atoms with Gasteiger partial charge in [-0.2, -0.15) is 0 Å². The smallest absolute Gasteiger partial charge is 0.134 e. The number of hydrogen-bond acceptors (Lipinski definition) is 4. The summed E-state index contributed by atoms with van der Waals surface area (Å²) in [5.74, 6) is 2.31. The van der Waals surface area contributed by atoms with Crippen LogP contribution in [0.5, 0.6) is 0 Å². The van der Waals surface area contributed by atoms with Crippen LogP contribution in [-0.2, 0) is 0 Å². The molecule has 1 N–H and O–H groups in total. The molecule has 0 spiro atoms. The molecule has 0 aromatic carbocycles.